The largest absolute Gasteiger partial charge is 0.383 e. The first-order valence-electron chi connectivity index (χ1n) is 6.66. The van der Waals surface area contributed by atoms with Crippen molar-refractivity contribution in [2.75, 3.05) is 20.3 Å². The summed E-state index contributed by atoms with van der Waals surface area (Å²) in [5.41, 5.74) is -0.136. The third-order valence-electron chi connectivity index (χ3n) is 3.17. The second-order valence-corrected chi connectivity index (χ2v) is 5.98. The maximum Gasteiger partial charge on any atom is 0.293 e. The molecular weight excluding hydrogens is 244 g/mol. The lowest BCUT2D eigenvalue weighted by Crippen LogP contribution is -2.36. The first kappa shape index (κ1) is 14.0. The third kappa shape index (κ3) is 3.32. The van der Waals surface area contributed by atoms with Gasteiger partial charge in [-0.05, 0) is 12.8 Å². The number of nitrogens with zero attached hydrogens (tertiary/aromatic N) is 3. The van der Waals surface area contributed by atoms with Crippen molar-refractivity contribution in [3.63, 3.8) is 0 Å². The monoisotopic (exact) mass is 266 g/mol. The van der Waals surface area contributed by atoms with Crippen molar-refractivity contribution < 1.29 is 9.53 Å². The fourth-order valence-electron chi connectivity index (χ4n) is 1.85. The van der Waals surface area contributed by atoms with Crippen LogP contribution < -0.4 is 0 Å². The van der Waals surface area contributed by atoms with Gasteiger partial charge in [-0.15, -0.1) is 5.10 Å². The average molecular weight is 266 g/mol. The summed E-state index contributed by atoms with van der Waals surface area (Å²) in [5, 5.41) is 6.91. The van der Waals surface area contributed by atoms with Gasteiger partial charge in [-0.1, -0.05) is 20.8 Å². The maximum atomic E-state index is 12.4. The summed E-state index contributed by atoms with van der Waals surface area (Å²) in [4.78, 5) is 18.5. The zero-order valence-electron chi connectivity index (χ0n) is 12.1. The van der Waals surface area contributed by atoms with Gasteiger partial charge in [-0.2, -0.15) is 0 Å². The molecule has 2 rings (SSSR count). The molecule has 19 heavy (non-hydrogen) atoms. The Morgan fingerprint density at radius 3 is 2.63 bits per heavy atom. The molecule has 1 fully saturated rings. The lowest BCUT2D eigenvalue weighted by molar-refractivity contribution is 0.0668. The number of hydrogen-bond acceptors (Lipinski definition) is 4. The van der Waals surface area contributed by atoms with E-state index in [0.717, 1.165) is 18.7 Å². The van der Waals surface area contributed by atoms with E-state index in [1.165, 1.54) is 0 Å². The van der Waals surface area contributed by atoms with Gasteiger partial charge in [-0.3, -0.25) is 9.89 Å². The maximum absolute atomic E-state index is 12.4. The number of aromatic nitrogens is 3. The zero-order chi connectivity index (χ0) is 14.0. The molecule has 0 aliphatic heterocycles. The van der Waals surface area contributed by atoms with Crippen LogP contribution in [0.4, 0.5) is 0 Å². The first-order valence-corrected chi connectivity index (χ1v) is 6.66. The van der Waals surface area contributed by atoms with Crippen LogP contribution >= 0.6 is 0 Å². The van der Waals surface area contributed by atoms with Crippen LogP contribution in [0.25, 0.3) is 0 Å². The highest BCUT2D eigenvalue weighted by Crippen LogP contribution is 2.27. The number of nitrogens with one attached hydrogen (secondary N) is 1. The molecule has 106 valence electrons. The van der Waals surface area contributed by atoms with Gasteiger partial charge in [0.2, 0.25) is 5.82 Å². The van der Waals surface area contributed by atoms with Crippen LogP contribution in [0.2, 0.25) is 0 Å². The van der Waals surface area contributed by atoms with Gasteiger partial charge in [0.15, 0.2) is 0 Å². The van der Waals surface area contributed by atoms with E-state index >= 15 is 0 Å². The Kier molecular flexibility index (Phi) is 3.89. The minimum atomic E-state index is -0.136. The van der Waals surface area contributed by atoms with Gasteiger partial charge in [0, 0.05) is 25.1 Å². The normalized spacial score (nSPS) is 15.6. The standard InChI is InChI=1S/C13H22N4O2/c1-13(2,3)12-14-10(15-16-12)11(18)17(7-8-19-4)9-5-6-9/h9H,5-8H2,1-4H3,(H,14,15,16). The Balaban J connectivity index is 2.10. The van der Waals surface area contributed by atoms with Crippen molar-refractivity contribution >= 4 is 5.91 Å². The highest BCUT2D eigenvalue weighted by molar-refractivity contribution is 5.90. The molecule has 6 heteroatoms. The summed E-state index contributed by atoms with van der Waals surface area (Å²) in [7, 11) is 1.64. The highest BCUT2D eigenvalue weighted by Gasteiger charge is 2.34. The van der Waals surface area contributed by atoms with Crippen molar-refractivity contribution in [2.24, 2.45) is 0 Å². The fraction of sp³-hybridized carbons (Fsp3) is 0.769. The summed E-state index contributed by atoms with van der Waals surface area (Å²) in [6, 6.07) is 0.333. The number of ether oxygens (including phenoxy) is 1. The Morgan fingerprint density at radius 2 is 2.16 bits per heavy atom. The summed E-state index contributed by atoms with van der Waals surface area (Å²) in [5.74, 6) is 0.887. The summed E-state index contributed by atoms with van der Waals surface area (Å²) < 4.78 is 5.05. The van der Waals surface area contributed by atoms with E-state index < -0.39 is 0 Å². The molecule has 6 nitrogen and oxygen atoms in total. The lowest BCUT2D eigenvalue weighted by atomic mass is 9.96. The number of hydrogen-bond donors (Lipinski definition) is 1. The second-order valence-electron chi connectivity index (χ2n) is 5.98. The van der Waals surface area contributed by atoms with Gasteiger partial charge in [-0.25, -0.2) is 4.98 Å². The fourth-order valence-corrected chi connectivity index (χ4v) is 1.85. The molecule has 0 radical (unpaired) electrons. The molecule has 1 aromatic heterocycles. The number of carbonyl (C=O) groups excluding carboxylic acids is 1. The Hall–Kier alpha value is -1.43. The van der Waals surface area contributed by atoms with E-state index in [2.05, 4.69) is 15.2 Å². The SMILES string of the molecule is COCCN(C(=O)c1n[nH]c(C(C)(C)C)n1)C1CC1. The van der Waals surface area contributed by atoms with Crippen LogP contribution in [0.1, 0.15) is 50.1 Å². The van der Waals surface area contributed by atoms with Crippen molar-refractivity contribution in [1.29, 1.82) is 0 Å². The Bertz CT molecular complexity index is 446. The second kappa shape index (κ2) is 5.28. The summed E-state index contributed by atoms with van der Waals surface area (Å²) in [6.45, 7) is 7.24. The topological polar surface area (TPSA) is 71.1 Å². The number of aromatic amines is 1. The molecule has 1 saturated carbocycles. The van der Waals surface area contributed by atoms with Crippen molar-refractivity contribution in [3.8, 4) is 0 Å². The predicted molar refractivity (Wildman–Crippen MR) is 71.0 cm³/mol. The third-order valence-corrected chi connectivity index (χ3v) is 3.17. The zero-order valence-corrected chi connectivity index (χ0v) is 12.1. The van der Waals surface area contributed by atoms with E-state index in [1.807, 2.05) is 25.7 Å². The molecular formula is C13H22N4O2. The van der Waals surface area contributed by atoms with Gasteiger partial charge in [0.25, 0.3) is 5.91 Å². The van der Waals surface area contributed by atoms with Gasteiger partial charge < -0.3 is 9.64 Å². The molecule has 1 amide bonds. The van der Waals surface area contributed by atoms with Crippen LogP contribution in [0.3, 0.4) is 0 Å². The summed E-state index contributed by atoms with van der Waals surface area (Å²) >= 11 is 0. The first-order chi connectivity index (χ1) is 8.93. The molecule has 1 N–H and O–H groups in total. The van der Waals surface area contributed by atoms with Crippen LogP contribution in [-0.2, 0) is 10.2 Å². The smallest absolute Gasteiger partial charge is 0.293 e. The molecule has 0 atom stereocenters. The molecule has 0 bridgehead atoms. The minimum Gasteiger partial charge on any atom is -0.383 e. The van der Waals surface area contributed by atoms with Crippen LogP contribution in [-0.4, -0.2) is 52.3 Å². The molecule has 0 unspecified atom stereocenters. The van der Waals surface area contributed by atoms with E-state index in [-0.39, 0.29) is 17.1 Å². The number of methoxy groups -OCH3 is 1. The minimum absolute atomic E-state index is 0.105. The average Bonchev–Trinajstić information content (AvgIpc) is 3.04. The molecule has 1 aliphatic rings. The Morgan fingerprint density at radius 1 is 1.47 bits per heavy atom. The van der Waals surface area contributed by atoms with E-state index in [1.54, 1.807) is 7.11 Å². The summed E-state index contributed by atoms with van der Waals surface area (Å²) in [6.07, 6.45) is 2.12. The van der Waals surface area contributed by atoms with Gasteiger partial charge in [0.1, 0.15) is 5.82 Å². The van der Waals surface area contributed by atoms with E-state index in [9.17, 15) is 4.79 Å². The lowest BCUT2D eigenvalue weighted by Gasteiger charge is -2.20. The van der Waals surface area contributed by atoms with Crippen LogP contribution in [0.15, 0.2) is 0 Å². The molecule has 1 aromatic rings. The predicted octanol–water partition coefficient (Wildman–Crippen LogP) is 1.35. The van der Waals surface area contributed by atoms with Crippen molar-refractivity contribution in [3.05, 3.63) is 11.6 Å². The highest BCUT2D eigenvalue weighted by atomic mass is 16.5. The molecule has 0 spiro atoms. The van der Waals surface area contributed by atoms with Crippen molar-refractivity contribution in [2.45, 2.75) is 45.1 Å². The quantitative estimate of drug-likeness (QED) is 0.873. The molecule has 1 heterocycles. The van der Waals surface area contributed by atoms with E-state index in [0.29, 0.717) is 19.2 Å². The van der Waals surface area contributed by atoms with E-state index in [4.69, 9.17) is 4.74 Å². The van der Waals surface area contributed by atoms with Gasteiger partial charge in [0.05, 0.1) is 6.61 Å². The molecule has 0 aromatic carbocycles. The van der Waals surface area contributed by atoms with Crippen LogP contribution in [0, 0.1) is 0 Å². The number of H-pyrrole nitrogens is 1. The Labute approximate surface area is 113 Å². The molecule has 1 aliphatic carbocycles. The number of amides is 1. The number of rotatable bonds is 5. The van der Waals surface area contributed by atoms with Gasteiger partial charge >= 0.3 is 0 Å². The molecule has 0 saturated heterocycles. The number of carbonyl (C=O) groups is 1. The van der Waals surface area contributed by atoms with Crippen molar-refractivity contribution in [1.82, 2.24) is 20.1 Å². The van der Waals surface area contributed by atoms with Crippen LogP contribution in [0.5, 0.6) is 0 Å².